The lowest BCUT2D eigenvalue weighted by atomic mass is 9.65. The number of anilines is 1. The van der Waals surface area contributed by atoms with Crippen molar-refractivity contribution in [1.82, 2.24) is 15.1 Å². The summed E-state index contributed by atoms with van der Waals surface area (Å²) in [5.74, 6) is 2.14. The molecule has 7 atom stereocenters. The lowest BCUT2D eigenvalue weighted by Gasteiger charge is -2.46. The van der Waals surface area contributed by atoms with Gasteiger partial charge in [0.25, 0.3) is 0 Å². The number of carbonyl (C=O) groups excluding carboxylic acids is 3. The molecule has 7 unspecified atom stereocenters. The minimum Gasteiger partial charge on any atom is -0.491 e. The highest BCUT2D eigenvalue weighted by Crippen LogP contribution is 2.66. The number of hydrogen-bond donors (Lipinski definition) is 3. The fourth-order valence-corrected chi connectivity index (χ4v) is 10.2. The molecule has 2 fully saturated rings. The van der Waals surface area contributed by atoms with E-state index in [0.717, 1.165) is 21.6 Å². The van der Waals surface area contributed by atoms with Gasteiger partial charge in [-0.3, -0.25) is 24.2 Å². The summed E-state index contributed by atoms with van der Waals surface area (Å²) in [7, 11) is 1.97. The molecule has 0 saturated carbocycles. The molecule has 3 N–H and O–H groups in total. The Morgan fingerprint density at radius 1 is 0.806 bits per heavy atom. The number of imide groups is 1. The van der Waals surface area contributed by atoms with Crippen molar-refractivity contribution in [2.24, 2.45) is 5.92 Å². The van der Waals surface area contributed by atoms with Crippen molar-refractivity contribution in [1.29, 1.82) is 0 Å². The number of carbonyl (C=O) groups is 4. The average Bonchev–Trinajstić information content (AvgIpc) is 3.81. The van der Waals surface area contributed by atoms with Gasteiger partial charge < -0.3 is 25.0 Å². The summed E-state index contributed by atoms with van der Waals surface area (Å²) in [4.78, 5) is 65.4. The molecule has 338 valence electrons. The number of carboxylic acids is 1. The highest BCUT2D eigenvalue weighted by Gasteiger charge is 2.76. The Morgan fingerprint density at radius 3 is 2.07 bits per heavy atom. The topological polar surface area (TPSA) is 149 Å². The minimum atomic E-state index is -2.12. The van der Waals surface area contributed by atoms with Crippen molar-refractivity contribution in [2.45, 2.75) is 49.2 Å². The van der Waals surface area contributed by atoms with E-state index in [9.17, 15) is 24.6 Å². The molecule has 0 aliphatic carbocycles. The van der Waals surface area contributed by atoms with E-state index < -0.39 is 65.5 Å². The fourth-order valence-electron chi connectivity index (χ4n) is 10.2. The van der Waals surface area contributed by atoms with Crippen molar-refractivity contribution in [3.63, 3.8) is 0 Å². The number of ether oxygens (including phenoxy) is 2. The van der Waals surface area contributed by atoms with Gasteiger partial charge in [-0.2, -0.15) is 0 Å². The van der Waals surface area contributed by atoms with Crippen LogP contribution in [-0.2, 0) is 31.1 Å². The zero-order valence-corrected chi connectivity index (χ0v) is 37.1. The Bertz CT molecular complexity index is 2820. The number of morpholine rings is 1. The van der Waals surface area contributed by atoms with E-state index >= 15 is 4.79 Å². The number of cyclic esters (lactones) is 1. The molecular weight excluding hydrogens is 845 g/mol. The van der Waals surface area contributed by atoms with Crippen LogP contribution in [0.25, 0.3) is 0 Å². The molecule has 2 saturated heterocycles. The second kappa shape index (κ2) is 19.1. The number of esters is 1. The maximum atomic E-state index is 16.2. The van der Waals surface area contributed by atoms with E-state index in [0.29, 0.717) is 35.5 Å². The Hall–Kier alpha value is -7.56. The molecule has 1 spiro atoms. The van der Waals surface area contributed by atoms with E-state index in [1.807, 2.05) is 133 Å². The fraction of sp³-hybridized carbons (Fsp3) is 0.236. The first kappa shape index (κ1) is 44.6. The zero-order valence-electron chi connectivity index (χ0n) is 37.1. The van der Waals surface area contributed by atoms with Crippen molar-refractivity contribution in [2.75, 3.05) is 31.7 Å². The van der Waals surface area contributed by atoms with Crippen LogP contribution in [0.2, 0.25) is 0 Å². The smallest absolute Gasteiger partial charge is 0.329 e. The third-order valence-electron chi connectivity index (χ3n) is 13.0. The number of aliphatic carboxylic acids is 1. The summed E-state index contributed by atoms with van der Waals surface area (Å²) >= 11 is 0. The number of carboxylic acid groups (broad SMARTS) is 1. The van der Waals surface area contributed by atoms with Crippen LogP contribution in [0.3, 0.4) is 0 Å². The molecule has 0 bridgehead atoms. The van der Waals surface area contributed by atoms with Gasteiger partial charge in [-0.15, -0.1) is 0 Å². The number of fused-ring (bicyclic) bond motifs is 3. The Labute approximate surface area is 389 Å². The molecule has 3 aliphatic rings. The summed E-state index contributed by atoms with van der Waals surface area (Å²) in [6.45, 7) is 2.68. The first-order valence-electron chi connectivity index (χ1n) is 22.3. The van der Waals surface area contributed by atoms with Gasteiger partial charge in [-0.05, 0) is 77.7 Å². The maximum Gasteiger partial charge on any atom is 0.329 e. The number of aliphatic hydroxyl groups excluding tert-OH is 1. The second-order valence-electron chi connectivity index (χ2n) is 17.2. The van der Waals surface area contributed by atoms with Crippen LogP contribution in [0.4, 0.5) is 10.5 Å². The standard InChI is InChI=1S/C55H50N4O8/c1-36(39-19-9-4-10-20-39)56-54(65)58-45-30-25-37(18-15-31-57(2)35-38-16-7-3-8-17-38)34-44(45)55(53(58)64)46(51(61)62)48-52(63)67-49(41-23-13-6-14-24-41)47(40-21-11-5-12-22-40)59(48)50(55)42-26-28-43(29-27-42)66-33-32-60/h3-14,16-17,19-30,34,36,46-50,60H,31-33,35H2,1-2H3,(H,56,65)(H,61,62). The number of urea groups is 1. The highest BCUT2D eigenvalue weighted by molar-refractivity contribution is 6.24. The van der Waals surface area contributed by atoms with Crippen molar-refractivity contribution >= 4 is 29.6 Å². The third kappa shape index (κ3) is 8.34. The normalized spacial score (nSPS) is 22.3. The summed E-state index contributed by atoms with van der Waals surface area (Å²) in [6.07, 6.45) is -0.932. The molecule has 9 rings (SSSR count). The van der Waals surface area contributed by atoms with Crippen LogP contribution in [-0.4, -0.2) is 76.7 Å². The lowest BCUT2D eigenvalue weighted by Crippen LogP contribution is -2.54. The summed E-state index contributed by atoms with van der Waals surface area (Å²) in [6, 6.07) is 45.1. The average molecular weight is 895 g/mol. The van der Waals surface area contributed by atoms with Gasteiger partial charge in [-0.1, -0.05) is 145 Å². The number of rotatable bonds is 12. The minimum absolute atomic E-state index is 0.0336. The van der Waals surface area contributed by atoms with Crippen LogP contribution < -0.4 is 15.0 Å². The van der Waals surface area contributed by atoms with E-state index in [-0.39, 0.29) is 24.5 Å². The van der Waals surface area contributed by atoms with E-state index in [1.54, 1.807) is 49.4 Å². The predicted molar refractivity (Wildman–Crippen MR) is 252 cm³/mol. The SMILES string of the molecule is CC(NC(=O)N1C(=O)C2(c3cc(C#CCN(C)Cc4ccccc4)ccc31)C(C(=O)O)C1C(=O)OC(c3ccccc3)C(c3ccccc3)N1C2c1ccc(OCCO)cc1)c1ccccc1. The molecule has 3 aliphatic heterocycles. The number of aliphatic hydroxyl groups is 1. The first-order valence-corrected chi connectivity index (χ1v) is 22.3. The molecule has 3 amide bonds. The number of benzene rings is 6. The van der Waals surface area contributed by atoms with Crippen LogP contribution in [0.5, 0.6) is 5.75 Å². The largest absolute Gasteiger partial charge is 0.491 e. The second-order valence-corrected chi connectivity index (χ2v) is 17.2. The number of nitrogens with one attached hydrogen (secondary N) is 1. The molecule has 0 aromatic heterocycles. The summed E-state index contributed by atoms with van der Waals surface area (Å²) in [5.41, 5.74) is 2.60. The molecule has 0 radical (unpaired) electrons. The molecule has 67 heavy (non-hydrogen) atoms. The number of nitrogens with zero attached hydrogens (tertiary/aromatic N) is 3. The molecule has 3 heterocycles. The zero-order chi connectivity index (χ0) is 46.7. The monoisotopic (exact) mass is 894 g/mol. The summed E-state index contributed by atoms with van der Waals surface area (Å²) < 4.78 is 12.2. The van der Waals surface area contributed by atoms with Gasteiger partial charge in [-0.25, -0.2) is 9.69 Å². The van der Waals surface area contributed by atoms with E-state index in [1.165, 1.54) is 0 Å². The van der Waals surface area contributed by atoms with Gasteiger partial charge >= 0.3 is 18.0 Å². The predicted octanol–water partition coefficient (Wildman–Crippen LogP) is 7.76. The van der Waals surface area contributed by atoms with Crippen molar-refractivity contribution < 1.29 is 38.9 Å². The lowest BCUT2D eigenvalue weighted by molar-refractivity contribution is -0.179. The van der Waals surface area contributed by atoms with Crippen molar-refractivity contribution in [3.8, 4) is 17.6 Å². The number of hydrogen-bond acceptors (Lipinski definition) is 9. The van der Waals surface area contributed by atoms with Gasteiger partial charge in [0, 0.05) is 12.1 Å². The first-order chi connectivity index (χ1) is 32.6. The van der Waals surface area contributed by atoms with Crippen LogP contribution in [0.15, 0.2) is 164 Å². The molecule has 12 heteroatoms. The third-order valence-corrected chi connectivity index (χ3v) is 13.0. The molecule has 6 aromatic rings. The van der Waals surface area contributed by atoms with Gasteiger partial charge in [0.05, 0.1) is 37.0 Å². The van der Waals surface area contributed by atoms with Gasteiger partial charge in [0.2, 0.25) is 5.91 Å². The summed E-state index contributed by atoms with van der Waals surface area (Å²) in [5, 5.41) is 24.3. The van der Waals surface area contributed by atoms with Crippen LogP contribution >= 0.6 is 0 Å². The quantitative estimate of drug-likeness (QED) is 0.0823. The maximum absolute atomic E-state index is 16.2. The Morgan fingerprint density at radius 2 is 1.43 bits per heavy atom. The van der Waals surface area contributed by atoms with E-state index in [4.69, 9.17) is 9.47 Å². The molecule has 12 nitrogen and oxygen atoms in total. The molecule has 6 aromatic carbocycles. The van der Waals surface area contributed by atoms with Crippen LogP contribution in [0, 0.1) is 17.8 Å². The van der Waals surface area contributed by atoms with Gasteiger partial charge in [0.15, 0.2) is 0 Å². The van der Waals surface area contributed by atoms with Gasteiger partial charge in [0.1, 0.15) is 35.8 Å². The molecular formula is C55H50N4O8. The van der Waals surface area contributed by atoms with Crippen molar-refractivity contribution in [3.05, 3.63) is 203 Å². The highest BCUT2D eigenvalue weighted by atomic mass is 16.6. The van der Waals surface area contributed by atoms with E-state index in [2.05, 4.69) is 22.1 Å². The Balaban J connectivity index is 1.26. The number of amides is 3. The Kier molecular flexibility index (Phi) is 12.7. The van der Waals surface area contributed by atoms with Crippen LogP contribution in [0.1, 0.15) is 70.1 Å².